The lowest BCUT2D eigenvalue weighted by molar-refractivity contribution is -0.113. The highest BCUT2D eigenvalue weighted by atomic mass is 16.5. The van der Waals surface area contributed by atoms with Crippen LogP contribution in [0, 0.1) is 13.8 Å². The van der Waals surface area contributed by atoms with E-state index in [1.807, 2.05) is 38.1 Å². The zero-order valence-corrected chi connectivity index (χ0v) is 21.8. The number of benzene rings is 4. The van der Waals surface area contributed by atoms with Crippen molar-refractivity contribution in [3.63, 3.8) is 0 Å². The summed E-state index contributed by atoms with van der Waals surface area (Å²) in [4.78, 5) is 24.2. The summed E-state index contributed by atoms with van der Waals surface area (Å²) in [7, 11) is 2.60. The molecule has 6 nitrogen and oxygen atoms in total. The normalized spacial score (nSPS) is 14.2. The predicted octanol–water partition coefficient (Wildman–Crippen LogP) is 5.05. The van der Waals surface area contributed by atoms with Crippen molar-refractivity contribution in [2.45, 2.75) is 25.0 Å². The Morgan fingerprint density at radius 1 is 0.553 bits per heavy atom. The number of aryl methyl sites for hydroxylation is 2. The highest BCUT2D eigenvalue weighted by Gasteiger charge is 2.55. The number of aliphatic hydroxyl groups is 2. The first-order chi connectivity index (χ1) is 18.2. The van der Waals surface area contributed by atoms with E-state index in [1.165, 1.54) is 14.2 Å². The third-order valence-corrected chi connectivity index (χ3v) is 7.04. The van der Waals surface area contributed by atoms with Gasteiger partial charge in [0.1, 0.15) is 0 Å². The van der Waals surface area contributed by atoms with E-state index in [1.54, 1.807) is 72.8 Å². The SMILES string of the molecule is COC(=O)c1ccc(C(O)(c2ccccc2C)C(O)(c2ccc(C(=O)OC)cc2)c2ccccc2C)cc1. The molecule has 4 rings (SSSR count). The van der Waals surface area contributed by atoms with Gasteiger partial charge >= 0.3 is 11.9 Å². The number of esters is 2. The molecule has 0 aliphatic rings. The Balaban J connectivity index is 2.08. The molecule has 6 heteroatoms. The molecule has 0 bridgehead atoms. The minimum absolute atomic E-state index is 0.310. The van der Waals surface area contributed by atoms with Crippen molar-refractivity contribution >= 4 is 11.9 Å². The Morgan fingerprint density at radius 2 is 0.868 bits per heavy atom. The van der Waals surface area contributed by atoms with Crippen LogP contribution in [0.4, 0.5) is 0 Å². The quantitative estimate of drug-likeness (QED) is 0.338. The minimum atomic E-state index is -2.02. The molecule has 4 aromatic rings. The lowest BCUT2D eigenvalue weighted by atomic mass is 9.64. The summed E-state index contributed by atoms with van der Waals surface area (Å²) in [5, 5.41) is 25.9. The van der Waals surface area contributed by atoms with Crippen LogP contribution in [0.3, 0.4) is 0 Å². The second kappa shape index (κ2) is 10.6. The maximum Gasteiger partial charge on any atom is 0.337 e. The second-order valence-corrected chi connectivity index (χ2v) is 9.19. The van der Waals surface area contributed by atoms with Crippen LogP contribution in [0.1, 0.15) is 54.1 Å². The number of carbonyl (C=O) groups is 2. The van der Waals surface area contributed by atoms with Crippen LogP contribution in [0.5, 0.6) is 0 Å². The van der Waals surface area contributed by atoms with E-state index < -0.39 is 23.1 Å². The molecule has 0 saturated heterocycles. The fourth-order valence-corrected chi connectivity index (χ4v) is 5.01. The number of ether oxygens (including phenoxy) is 2. The van der Waals surface area contributed by atoms with E-state index in [0.717, 1.165) is 11.1 Å². The molecule has 2 N–H and O–H groups in total. The number of methoxy groups -OCH3 is 2. The van der Waals surface area contributed by atoms with Gasteiger partial charge in [-0.3, -0.25) is 0 Å². The first-order valence-corrected chi connectivity index (χ1v) is 12.1. The molecule has 38 heavy (non-hydrogen) atoms. The third-order valence-electron chi connectivity index (χ3n) is 7.04. The Kier molecular flexibility index (Phi) is 7.49. The molecule has 0 saturated carbocycles. The summed E-state index contributed by atoms with van der Waals surface area (Å²) in [6, 6.07) is 27.3. The molecule has 0 fully saturated rings. The highest BCUT2D eigenvalue weighted by Crippen LogP contribution is 2.51. The zero-order chi connectivity index (χ0) is 27.5. The first-order valence-electron chi connectivity index (χ1n) is 12.1. The summed E-state index contributed by atoms with van der Waals surface area (Å²) in [5.74, 6) is -1.02. The molecule has 2 atom stereocenters. The summed E-state index contributed by atoms with van der Waals surface area (Å²) in [5.41, 5.74) is -0.227. The van der Waals surface area contributed by atoms with Crippen LogP contribution < -0.4 is 0 Å². The molecule has 0 radical (unpaired) electrons. The van der Waals surface area contributed by atoms with Crippen LogP contribution in [0.15, 0.2) is 97.1 Å². The lowest BCUT2D eigenvalue weighted by Crippen LogP contribution is -2.52. The molecule has 4 aromatic carbocycles. The average molecular weight is 511 g/mol. The van der Waals surface area contributed by atoms with Crippen molar-refractivity contribution in [1.29, 1.82) is 0 Å². The Morgan fingerprint density at radius 3 is 1.16 bits per heavy atom. The molecular formula is C32H30O6. The number of hydrogen-bond donors (Lipinski definition) is 2. The second-order valence-electron chi connectivity index (χ2n) is 9.19. The monoisotopic (exact) mass is 510 g/mol. The van der Waals surface area contributed by atoms with Gasteiger partial charge in [-0.05, 0) is 71.5 Å². The molecule has 0 aromatic heterocycles. The minimum Gasteiger partial charge on any atom is -0.465 e. The smallest absolute Gasteiger partial charge is 0.337 e. The summed E-state index contributed by atoms with van der Waals surface area (Å²) in [6.45, 7) is 3.73. The van der Waals surface area contributed by atoms with Crippen molar-refractivity contribution in [2.24, 2.45) is 0 Å². The number of hydrogen-bond acceptors (Lipinski definition) is 6. The predicted molar refractivity (Wildman–Crippen MR) is 144 cm³/mol. The molecule has 0 spiro atoms. The number of rotatable bonds is 7. The Bertz CT molecular complexity index is 1350. The van der Waals surface area contributed by atoms with Crippen LogP contribution in [-0.2, 0) is 20.7 Å². The topological polar surface area (TPSA) is 93.1 Å². The van der Waals surface area contributed by atoms with Crippen molar-refractivity contribution in [1.82, 2.24) is 0 Å². The van der Waals surface area contributed by atoms with Gasteiger partial charge in [0.2, 0.25) is 0 Å². The summed E-state index contributed by atoms with van der Waals surface area (Å²) < 4.78 is 9.68. The van der Waals surface area contributed by atoms with E-state index in [0.29, 0.717) is 33.4 Å². The fraction of sp³-hybridized carbons (Fsp3) is 0.188. The van der Waals surface area contributed by atoms with Gasteiger partial charge < -0.3 is 19.7 Å². The van der Waals surface area contributed by atoms with Crippen LogP contribution in [-0.4, -0.2) is 36.4 Å². The van der Waals surface area contributed by atoms with Gasteiger partial charge in [-0.15, -0.1) is 0 Å². The van der Waals surface area contributed by atoms with Crippen molar-refractivity contribution in [3.05, 3.63) is 142 Å². The molecule has 194 valence electrons. The number of carbonyl (C=O) groups excluding carboxylic acids is 2. The molecule has 0 amide bonds. The van der Waals surface area contributed by atoms with Gasteiger partial charge in [0.25, 0.3) is 0 Å². The first kappa shape index (κ1) is 26.8. The van der Waals surface area contributed by atoms with Gasteiger partial charge in [-0.1, -0.05) is 72.8 Å². The highest BCUT2D eigenvalue weighted by molar-refractivity contribution is 5.90. The summed E-state index contributed by atoms with van der Waals surface area (Å²) in [6.07, 6.45) is 0. The molecule has 0 aliphatic heterocycles. The van der Waals surface area contributed by atoms with E-state index >= 15 is 0 Å². The maximum atomic E-state index is 12.9. The molecular weight excluding hydrogens is 480 g/mol. The van der Waals surface area contributed by atoms with Gasteiger partial charge in [0.05, 0.1) is 25.3 Å². The van der Waals surface area contributed by atoms with Crippen molar-refractivity contribution in [2.75, 3.05) is 14.2 Å². The van der Waals surface area contributed by atoms with Gasteiger partial charge in [0.15, 0.2) is 11.2 Å². The Labute approximate surface area is 222 Å². The molecule has 2 unspecified atom stereocenters. The van der Waals surface area contributed by atoms with Crippen LogP contribution >= 0.6 is 0 Å². The molecule has 0 heterocycles. The largest absolute Gasteiger partial charge is 0.465 e. The van der Waals surface area contributed by atoms with Crippen LogP contribution in [0.2, 0.25) is 0 Å². The van der Waals surface area contributed by atoms with Gasteiger partial charge in [-0.2, -0.15) is 0 Å². The van der Waals surface area contributed by atoms with Crippen molar-refractivity contribution in [3.8, 4) is 0 Å². The van der Waals surface area contributed by atoms with E-state index in [4.69, 9.17) is 9.47 Å². The van der Waals surface area contributed by atoms with Crippen molar-refractivity contribution < 1.29 is 29.3 Å². The Hall–Kier alpha value is -4.26. The van der Waals surface area contributed by atoms with E-state index in [9.17, 15) is 19.8 Å². The van der Waals surface area contributed by atoms with Gasteiger partial charge in [0, 0.05) is 0 Å². The maximum absolute atomic E-state index is 12.9. The molecule has 0 aliphatic carbocycles. The standard InChI is InChI=1S/C32H30O6/c1-21-9-5-7-11-27(21)31(35,25-17-13-23(14-18-25)29(33)37-3)32(36,28-12-8-6-10-22(28)2)26-19-15-24(16-20-26)30(34)38-4/h5-20,35-36H,1-4H3. The van der Waals surface area contributed by atoms with Crippen LogP contribution in [0.25, 0.3) is 0 Å². The zero-order valence-electron chi connectivity index (χ0n) is 21.8. The van der Waals surface area contributed by atoms with E-state index in [-0.39, 0.29) is 0 Å². The third kappa shape index (κ3) is 4.38. The average Bonchev–Trinajstić information content (AvgIpc) is 2.96. The van der Waals surface area contributed by atoms with Gasteiger partial charge in [-0.25, -0.2) is 9.59 Å². The van der Waals surface area contributed by atoms with E-state index in [2.05, 4.69) is 0 Å². The fourth-order valence-electron chi connectivity index (χ4n) is 5.01. The lowest BCUT2D eigenvalue weighted by Gasteiger charge is -2.46. The summed E-state index contributed by atoms with van der Waals surface area (Å²) >= 11 is 0.